The zero-order chi connectivity index (χ0) is 17.8. The van der Waals surface area contributed by atoms with Crippen molar-refractivity contribution in [3.05, 3.63) is 76.2 Å². The van der Waals surface area contributed by atoms with Gasteiger partial charge in [-0.25, -0.2) is 9.97 Å². The van der Waals surface area contributed by atoms with E-state index in [1.807, 2.05) is 19.1 Å². The van der Waals surface area contributed by atoms with Crippen molar-refractivity contribution in [1.82, 2.24) is 9.97 Å². The molecule has 0 fully saturated rings. The van der Waals surface area contributed by atoms with Gasteiger partial charge in [0.05, 0.1) is 12.4 Å². The standard InChI is InChI=1S/C18H14Cl2N4O/c1-11-8-13(20)4-7-15(11)24-18(25)16-9-22-17(10-21-16)23-14-5-2-12(19)3-6-14/h2-10H,1H3,(H,22,23)(H,24,25). The molecular formula is C18H14Cl2N4O. The van der Waals surface area contributed by atoms with Crippen molar-refractivity contribution < 1.29 is 4.79 Å². The summed E-state index contributed by atoms with van der Waals surface area (Å²) < 4.78 is 0. The number of benzene rings is 2. The zero-order valence-corrected chi connectivity index (χ0v) is 14.8. The Kier molecular flexibility index (Phi) is 5.16. The first-order valence-electron chi connectivity index (χ1n) is 7.43. The maximum absolute atomic E-state index is 12.3. The van der Waals surface area contributed by atoms with Crippen LogP contribution in [0.15, 0.2) is 54.9 Å². The minimum Gasteiger partial charge on any atom is -0.339 e. The SMILES string of the molecule is Cc1cc(Cl)ccc1NC(=O)c1cnc(Nc2ccc(Cl)cc2)cn1. The average Bonchev–Trinajstić information content (AvgIpc) is 2.60. The van der Waals surface area contributed by atoms with E-state index in [9.17, 15) is 4.79 Å². The maximum Gasteiger partial charge on any atom is 0.275 e. The van der Waals surface area contributed by atoms with Crippen molar-refractivity contribution in [2.45, 2.75) is 6.92 Å². The molecule has 5 nitrogen and oxygen atoms in total. The molecule has 0 saturated heterocycles. The molecule has 0 aliphatic heterocycles. The van der Waals surface area contributed by atoms with Crippen molar-refractivity contribution in [3.63, 3.8) is 0 Å². The molecule has 1 amide bonds. The highest BCUT2D eigenvalue weighted by Crippen LogP contribution is 2.20. The van der Waals surface area contributed by atoms with Crippen LogP contribution in [0.3, 0.4) is 0 Å². The number of hydrogen-bond donors (Lipinski definition) is 2. The van der Waals surface area contributed by atoms with Crippen molar-refractivity contribution in [2.24, 2.45) is 0 Å². The van der Waals surface area contributed by atoms with Crippen LogP contribution < -0.4 is 10.6 Å². The monoisotopic (exact) mass is 372 g/mol. The van der Waals surface area contributed by atoms with Gasteiger partial charge in [0, 0.05) is 21.4 Å². The Bertz CT molecular complexity index is 896. The Morgan fingerprint density at radius 3 is 2.32 bits per heavy atom. The van der Waals surface area contributed by atoms with Gasteiger partial charge in [0.15, 0.2) is 0 Å². The van der Waals surface area contributed by atoms with Crippen LogP contribution in [0.4, 0.5) is 17.2 Å². The van der Waals surface area contributed by atoms with Crippen LogP contribution >= 0.6 is 23.2 Å². The van der Waals surface area contributed by atoms with E-state index in [2.05, 4.69) is 20.6 Å². The molecule has 3 rings (SSSR count). The summed E-state index contributed by atoms with van der Waals surface area (Å²) in [5.74, 6) is 0.192. The third-order valence-electron chi connectivity index (χ3n) is 3.44. The molecule has 0 bridgehead atoms. The van der Waals surface area contributed by atoms with Gasteiger partial charge in [-0.1, -0.05) is 23.2 Å². The summed E-state index contributed by atoms with van der Waals surface area (Å²) >= 11 is 11.8. The number of carbonyl (C=O) groups is 1. The number of anilines is 3. The van der Waals surface area contributed by atoms with Gasteiger partial charge >= 0.3 is 0 Å². The van der Waals surface area contributed by atoms with E-state index >= 15 is 0 Å². The molecule has 0 spiro atoms. The van der Waals surface area contributed by atoms with Gasteiger partial charge < -0.3 is 10.6 Å². The lowest BCUT2D eigenvalue weighted by atomic mass is 10.2. The summed E-state index contributed by atoms with van der Waals surface area (Å²) in [5.41, 5.74) is 2.60. The lowest BCUT2D eigenvalue weighted by molar-refractivity contribution is 0.102. The molecule has 25 heavy (non-hydrogen) atoms. The van der Waals surface area contributed by atoms with Crippen LogP contribution in [-0.2, 0) is 0 Å². The summed E-state index contributed by atoms with van der Waals surface area (Å²) in [6.45, 7) is 1.87. The molecule has 0 atom stereocenters. The number of halogens is 2. The van der Waals surface area contributed by atoms with Gasteiger partial charge in [0.2, 0.25) is 0 Å². The molecule has 2 aromatic carbocycles. The van der Waals surface area contributed by atoms with Crippen LogP contribution in [0.2, 0.25) is 10.0 Å². The fraction of sp³-hybridized carbons (Fsp3) is 0.0556. The first kappa shape index (κ1) is 17.2. The van der Waals surface area contributed by atoms with Gasteiger partial charge in [0.25, 0.3) is 5.91 Å². The van der Waals surface area contributed by atoms with Crippen molar-refractivity contribution in [3.8, 4) is 0 Å². The van der Waals surface area contributed by atoms with E-state index in [1.165, 1.54) is 12.4 Å². The third-order valence-corrected chi connectivity index (χ3v) is 3.92. The summed E-state index contributed by atoms with van der Waals surface area (Å²) in [6, 6.07) is 12.4. The second-order valence-corrected chi connectivity index (χ2v) is 6.21. The molecule has 7 heteroatoms. The topological polar surface area (TPSA) is 66.9 Å². The molecule has 0 radical (unpaired) electrons. The van der Waals surface area contributed by atoms with Crippen LogP contribution in [0.1, 0.15) is 16.1 Å². The van der Waals surface area contributed by atoms with Crippen LogP contribution in [0.5, 0.6) is 0 Å². The Morgan fingerprint density at radius 2 is 1.68 bits per heavy atom. The number of hydrogen-bond acceptors (Lipinski definition) is 4. The highest BCUT2D eigenvalue weighted by atomic mass is 35.5. The molecule has 2 N–H and O–H groups in total. The Labute approximate surface area is 155 Å². The van der Waals surface area contributed by atoms with Gasteiger partial charge in [-0.05, 0) is 55.0 Å². The lowest BCUT2D eigenvalue weighted by Crippen LogP contribution is -2.15. The maximum atomic E-state index is 12.3. The second-order valence-electron chi connectivity index (χ2n) is 5.33. The van der Waals surface area contributed by atoms with E-state index in [-0.39, 0.29) is 11.6 Å². The van der Waals surface area contributed by atoms with Gasteiger partial charge in [-0.3, -0.25) is 4.79 Å². The average molecular weight is 373 g/mol. The van der Waals surface area contributed by atoms with E-state index in [0.29, 0.717) is 21.6 Å². The molecule has 0 saturated carbocycles. The Balaban J connectivity index is 1.68. The first-order valence-corrected chi connectivity index (χ1v) is 8.19. The fourth-order valence-electron chi connectivity index (χ4n) is 2.14. The predicted molar refractivity (Wildman–Crippen MR) is 101 cm³/mol. The summed E-state index contributed by atoms with van der Waals surface area (Å²) in [6.07, 6.45) is 2.91. The predicted octanol–water partition coefficient (Wildman–Crippen LogP) is 5.09. The third kappa shape index (κ3) is 4.47. The lowest BCUT2D eigenvalue weighted by Gasteiger charge is -2.09. The van der Waals surface area contributed by atoms with Crippen LogP contribution in [0.25, 0.3) is 0 Å². The molecular weight excluding hydrogens is 359 g/mol. The summed E-state index contributed by atoms with van der Waals surface area (Å²) in [4.78, 5) is 20.6. The molecule has 0 aliphatic rings. The number of aromatic nitrogens is 2. The Morgan fingerprint density at radius 1 is 0.960 bits per heavy atom. The highest BCUT2D eigenvalue weighted by Gasteiger charge is 2.10. The van der Waals surface area contributed by atoms with E-state index in [0.717, 1.165) is 11.3 Å². The number of nitrogens with zero attached hydrogens (tertiary/aromatic N) is 2. The molecule has 0 aliphatic carbocycles. The van der Waals surface area contributed by atoms with Gasteiger partial charge in [-0.15, -0.1) is 0 Å². The molecule has 1 aromatic heterocycles. The van der Waals surface area contributed by atoms with Crippen LogP contribution in [-0.4, -0.2) is 15.9 Å². The summed E-state index contributed by atoms with van der Waals surface area (Å²) in [5, 5.41) is 7.15. The fourth-order valence-corrected chi connectivity index (χ4v) is 2.50. The van der Waals surface area contributed by atoms with Crippen LogP contribution in [0, 0.1) is 6.92 Å². The van der Waals surface area contributed by atoms with Crippen molar-refractivity contribution in [1.29, 1.82) is 0 Å². The molecule has 3 aromatic rings. The second kappa shape index (κ2) is 7.51. The normalized spacial score (nSPS) is 10.4. The quantitative estimate of drug-likeness (QED) is 0.669. The summed E-state index contributed by atoms with van der Waals surface area (Å²) in [7, 11) is 0. The number of nitrogens with one attached hydrogen (secondary N) is 2. The van der Waals surface area contributed by atoms with E-state index < -0.39 is 0 Å². The molecule has 126 valence electrons. The number of amides is 1. The number of rotatable bonds is 4. The number of carbonyl (C=O) groups excluding carboxylic acids is 1. The van der Waals surface area contributed by atoms with Crippen molar-refractivity contribution in [2.75, 3.05) is 10.6 Å². The largest absolute Gasteiger partial charge is 0.339 e. The smallest absolute Gasteiger partial charge is 0.275 e. The molecule has 0 unspecified atom stereocenters. The first-order chi connectivity index (χ1) is 12.0. The zero-order valence-electron chi connectivity index (χ0n) is 13.3. The van der Waals surface area contributed by atoms with Crippen molar-refractivity contribution >= 4 is 46.3 Å². The van der Waals surface area contributed by atoms with E-state index in [1.54, 1.807) is 30.3 Å². The highest BCUT2D eigenvalue weighted by molar-refractivity contribution is 6.31. The van der Waals surface area contributed by atoms with E-state index in [4.69, 9.17) is 23.2 Å². The molecule has 1 heterocycles. The minimum atomic E-state index is -0.337. The number of aryl methyl sites for hydroxylation is 1. The minimum absolute atomic E-state index is 0.219. The Hall–Kier alpha value is -2.63. The van der Waals surface area contributed by atoms with Gasteiger partial charge in [-0.2, -0.15) is 0 Å². The van der Waals surface area contributed by atoms with Gasteiger partial charge in [0.1, 0.15) is 11.5 Å².